The Labute approximate surface area is 101 Å². The molecule has 0 aliphatic heterocycles. The van der Waals surface area contributed by atoms with Crippen molar-refractivity contribution in [2.75, 3.05) is 44.9 Å². The number of nitrogen functional groups attached to an aromatic ring is 1. The third-order valence-corrected chi connectivity index (χ3v) is 2.59. The molecule has 1 aromatic rings. The summed E-state index contributed by atoms with van der Waals surface area (Å²) in [6, 6.07) is 5.01. The maximum atomic E-state index is 10.8. The molecule has 5 heteroatoms. The van der Waals surface area contributed by atoms with Gasteiger partial charge in [-0.15, -0.1) is 0 Å². The number of hydrogen-bond acceptors (Lipinski definition) is 4. The van der Waals surface area contributed by atoms with Gasteiger partial charge in [-0.3, -0.25) is 0 Å². The van der Waals surface area contributed by atoms with Crippen LogP contribution in [0.4, 0.5) is 11.4 Å². The molecule has 0 radical (unpaired) electrons. The van der Waals surface area contributed by atoms with E-state index in [1.807, 2.05) is 26.0 Å². The van der Waals surface area contributed by atoms with Crippen LogP contribution in [-0.2, 0) is 0 Å². The van der Waals surface area contributed by atoms with Gasteiger partial charge >= 0.3 is 5.97 Å². The van der Waals surface area contributed by atoms with Crippen LogP contribution in [0, 0.1) is 0 Å². The highest BCUT2D eigenvalue weighted by Gasteiger charge is 2.09. The minimum absolute atomic E-state index is 0.148. The Bertz CT molecular complexity index is 405. The molecule has 3 N–H and O–H groups in total. The first-order valence-electron chi connectivity index (χ1n) is 5.40. The third-order valence-electron chi connectivity index (χ3n) is 2.59. The first kappa shape index (κ1) is 13.3. The molecule has 0 aromatic heterocycles. The number of carbonyl (C=O) groups is 1. The normalized spacial score (nSPS) is 10.6. The first-order chi connectivity index (χ1) is 7.91. The monoisotopic (exact) mass is 237 g/mol. The van der Waals surface area contributed by atoms with Gasteiger partial charge in [0.15, 0.2) is 0 Å². The second-order valence-corrected chi connectivity index (χ2v) is 4.30. The van der Waals surface area contributed by atoms with E-state index in [1.165, 1.54) is 0 Å². The molecule has 0 saturated carbocycles. The lowest BCUT2D eigenvalue weighted by Crippen LogP contribution is -2.28. The Morgan fingerprint density at radius 3 is 2.41 bits per heavy atom. The van der Waals surface area contributed by atoms with Crippen molar-refractivity contribution in [1.29, 1.82) is 0 Å². The Morgan fingerprint density at radius 2 is 1.94 bits per heavy atom. The number of nitrogens with zero attached hydrogens (tertiary/aromatic N) is 2. The van der Waals surface area contributed by atoms with Gasteiger partial charge in [-0.05, 0) is 32.3 Å². The highest BCUT2D eigenvalue weighted by Crippen LogP contribution is 2.20. The van der Waals surface area contributed by atoms with Gasteiger partial charge in [-0.25, -0.2) is 4.79 Å². The van der Waals surface area contributed by atoms with Gasteiger partial charge in [0.25, 0.3) is 0 Å². The Balaban J connectivity index is 2.79. The molecule has 0 aliphatic carbocycles. The zero-order valence-corrected chi connectivity index (χ0v) is 10.5. The number of benzene rings is 1. The zero-order valence-electron chi connectivity index (χ0n) is 10.5. The van der Waals surface area contributed by atoms with Gasteiger partial charge in [0.2, 0.25) is 0 Å². The summed E-state index contributed by atoms with van der Waals surface area (Å²) in [4.78, 5) is 15.0. The van der Waals surface area contributed by atoms with Crippen molar-refractivity contribution in [1.82, 2.24) is 4.90 Å². The number of rotatable bonds is 5. The van der Waals surface area contributed by atoms with Crippen molar-refractivity contribution in [3.63, 3.8) is 0 Å². The standard InChI is InChI=1S/C12H19N3O2/c1-14(2)6-7-15(3)9-4-5-10(12(16)17)11(13)8-9/h4-5,8H,6-7,13H2,1-3H3,(H,16,17). The van der Waals surface area contributed by atoms with Gasteiger partial charge in [-0.2, -0.15) is 0 Å². The predicted octanol–water partition coefficient (Wildman–Crippen LogP) is 0.965. The molecule has 0 spiro atoms. The van der Waals surface area contributed by atoms with Crippen LogP contribution in [0.15, 0.2) is 18.2 Å². The summed E-state index contributed by atoms with van der Waals surface area (Å²) in [5.41, 5.74) is 7.07. The second kappa shape index (κ2) is 5.54. The van der Waals surface area contributed by atoms with Crippen LogP contribution < -0.4 is 10.6 Å². The molecule has 0 amide bonds. The van der Waals surface area contributed by atoms with E-state index >= 15 is 0 Å². The Morgan fingerprint density at radius 1 is 1.29 bits per heavy atom. The molecule has 0 heterocycles. The lowest BCUT2D eigenvalue weighted by molar-refractivity contribution is 0.0698. The van der Waals surface area contributed by atoms with Crippen LogP contribution in [-0.4, -0.2) is 50.2 Å². The van der Waals surface area contributed by atoms with Crippen LogP contribution in [0.1, 0.15) is 10.4 Å². The van der Waals surface area contributed by atoms with E-state index in [0.29, 0.717) is 5.69 Å². The molecule has 0 aliphatic rings. The number of likely N-dealkylation sites (N-methyl/N-ethyl adjacent to an activating group) is 2. The molecular formula is C12H19N3O2. The molecular weight excluding hydrogens is 218 g/mol. The molecule has 94 valence electrons. The largest absolute Gasteiger partial charge is 0.478 e. The molecule has 5 nitrogen and oxygen atoms in total. The molecule has 0 atom stereocenters. The van der Waals surface area contributed by atoms with Crippen molar-refractivity contribution in [3.05, 3.63) is 23.8 Å². The summed E-state index contributed by atoms with van der Waals surface area (Å²) in [5.74, 6) is -0.995. The summed E-state index contributed by atoms with van der Waals surface area (Å²) in [5, 5.41) is 8.87. The number of aromatic carboxylic acids is 1. The predicted molar refractivity (Wildman–Crippen MR) is 69.6 cm³/mol. The van der Waals surface area contributed by atoms with Crippen LogP contribution in [0.5, 0.6) is 0 Å². The fourth-order valence-electron chi connectivity index (χ4n) is 1.46. The average Bonchev–Trinajstić information content (AvgIpc) is 2.25. The Kier molecular flexibility index (Phi) is 4.34. The zero-order chi connectivity index (χ0) is 13.0. The number of nitrogens with two attached hydrogens (primary N) is 1. The van der Waals surface area contributed by atoms with Gasteiger partial charge in [0.05, 0.1) is 5.56 Å². The fraction of sp³-hybridized carbons (Fsp3) is 0.417. The number of anilines is 2. The van der Waals surface area contributed by atoms with Gasteiger partial charge in [0.1, 0.15) is 0 Å². The Hall–Kier alpha value is -1.75. The molecule has 17 heavy (non-hydrogen) atoms. The lowest BCUT2D eigenvalue weighted by Gasteiger charge is -2.22. The number of hydrogen-bond donors (Lipinski definition) is 2. The van der Waals surface area contributed by atoms with Crippen LogP contribution in [0.3, 0.4) is 0 Å². The summed E-state index contributed by atoms with van der Waals surface area (Å²) in [6.45, 7) is 1.79. The lowest BCUT2D eigenvalue weighted by atomic mass is 10.1. The summed E-state index contributed by atoms with van der Waals surface area (Å²) >= 11 is 0. The summed E-state index contributed by atoms with van der Waals surface area (Å²) in [7, 11) is 5.98. The van der Waals surface area contributed by atoms with Crippen molar-refractivity contribution < 1.29 is 9.90 Å². The molecule has 0 fully saturated rings. The summed E-state index contributed by atoms with van der Waals surface area (Å²) in [6.07, 6.45) is 0. The highest BCUT2D eigenvalue weighted by atomic mass is 16.4. The summed E-state index contributed by atoms with van der Waals surface area (Å²) < 4.78 is 0. The van der Waals surface area contributed by atoms with Gasteiger partial charge < -0.3 is 20.6 Å². The molecule has 1 aromatic carbocycles. The van der Waals surface area contributed by atoms with Crippen molar-refractivity contribution >= 4 is 17.3 Å². The minimum atomic E-state index is -0.995. The van der Waals surface area contributed by atoms with E-state index in [4.69, 9.17) is 10.8 Å². The number of carboxylic acids is 1. The van der Waals surface area contributed by atoms with Crippen molar-refractivity contribution in [2.24, 2.45) is 0 Å². The molecule has 0 saturated heterocycles. The molecule has 0 unspecified atom stereocenters. The smallest absolute Gasteiger partial charge is 0.337 e. The second-order valence-electron chi connectivity index (χ2n) is 4.30. The SMILES string of the molecule is CN(C)CCN(C)c1ccc(C(=O)O)c(N)c1. The fourth-order valence-corrected chi connectivity index (χ4v) is 1.46. The maximum absolute atomic E-state index is 10.8. The quantitative estimate of drug-likeness (QED) is 0.747. The van der Waals surface area contributed by atoms with E-state index in [2.05, 4.69) is 4.90 Å². The van der Waals surface area contributed by atoms with E-state index in [-0.39, 0.29) is 5.56 Å². The van der Waals surface area contributed by atoms with Crippen LogP contribution >= 0.6 is 0 Å². The molecule has 0 bridgehead atoms. The van der Waals surface area contributed by atoms with E-state index < -0.39 is 5.97 Å². The first-order valence-corrected chi connectivity index (χ1v) is 5.40. The van der Waals surface area contributed by atoms with E-state index in [0.717, 1.165) is 18.8 Å². The average molecular weight is 237 g/mol. The highest BCUT2D eigenvalue weighted by molar-refractivity contribution is 5.94. The van der Waals surface area contributed by atoms with E-state index in [1.54, 1.807) is 18.2 Å². The van der Waals surface area contributed by atoms with Crippen LogP contribution in [0.2, 0.25) is 0 Å². The maximum Gasteiger partial charge on any atom is 0.337 e. The van der Waals surface area contributed by atoms with Crippen molar-refractivity contribution in [2.45, 2.75) is 0 Å². The van der Waals surface area contributed by atoms with Crippen LogP contribution in [0.25, 0.3) is 0 Å². The number of carboxylic acid groups (broad SMARTS) is 1. The van der Waals surface area contributed by atoms with Crippen molar-refractivity contribution in [3.8, 4) is 0 Å². The van der Waals surface area contributed by atoms with E-state index in [9.17, 15) is 4.79 Å². The van der Waals surface area contributed by atoms with Gasteiger partial charge in [0, 0.05) is 31.5 Å². The topological polar surface area (TPSA) is 69.8 Å². The van der Waals surface area contributed by atoms with Gasteiger partial charge in [-0.1, -0.05) is 0 Å². The minimum Gasteiger partial charge on any atom is -0.478 e. The third kappa shape index (κ3) is 3.64. The molecule has 1 rings (SSSR count).